The monoisotopic (exact) mass is 357 g/mol. The maximum absolute atomic E-state index is 12.9. The van der Waals surface area contributed by atoms with Crippen molar-refractivity contribution >= 4 is 11.9 Å². The first-order valence-corrected chi connectivity index (χ1v) is 8.67. The van der Waals surface area contributed by atoms with E-state index in [1.807, 2.05) is 30.0 Å². The molecule has 7 nitrogen and oxygen atoms in total. The SMILES string of the molecule is COc1ccc(C(=O)N2CCC[C@@H](c3ccnn3CC(=O)O)C2)cc1C. The summed E-state index contributed by atoms with van der Waals surface area (Å²) in [4.78, 5) is 25.7. The fourth-order valence-corrected chi connectivity index (χ4v) is 3.55. The molecule has 0 radical (unpaired) electrons. The Bertz CT molecular complexity index is 815. The van der Waals surface area contributed by atoms with E-state index in [9.17, 15) is 9.59 Å². The summed E-state index contributed by atoms with van der Waals surface area (Å²) in [5.41, 5.74) is 2.44. The van der Waals surface area contributed by atoms with Gasteiger partial charge < -0.3 is 14.7 Å². The van der Waals surface area contributed by atoms with Gasteiger partial charge in [-0.3, -0.25) is 14.3 Å². The molecule has 1 aromatic carbocycles. The first kappa shape index (κ1) is 18.0. The maximum atomic E-state index is 12.9. The topological polar surface area (TPSA) is 84.7 Å². The van der Waals surface area contributed by atoms with Crippen LogP contribution in [0.4, 0.5) is 0 Å². The van der Waals surface area contributed by atoms with Crippen LogP contribution >= 0.6 is 0 Å². The summed E-state index contributed by atoms with van der Waals surface area (Å²) in [5, 5.41) is 13.1. The summed E-state index contributed by atoms with van der Waals surface area (Å²) in [7, 11) is 1.61. The molecule has 138 valence electrons. The van der Waals surface area contributed by atoms with Crippen molar-refractivity contribution in [2.75, 3.05) is 20.2 Å². The summed E-state index contributed by atoms with van der Waals surface area (Å²) in [5.74, 6) is -0.0818. The van der Waals surface area contributed by atoms with E-state index in [4.69, 9.17) is 9.84 Å². The van der Waals surface area contributed by atoms with Gasteiger partial charge in [0, 0.05) is 36.5 Å². The lowest BCUT2D eigenvalue weighted by molar-refractivity contribution is -0.137. The summed E-state index contributed by atoms with van der Waals surface area (Å²) in [6.45, 7) is 3.02. The van der Waals surface area contributed by atoms with Crippen LogP contribution in [0.1, 0.15) is 40.4 Å². The molecular weight excluding hydrogens is 334 g/mol. The zero-order chi connectivity index (χ0) is 18.7. The molecule has 1 atom stereocenters. The van der Waals surface area contributed by atoms with Crippen molar-refractivity contribution in [2.45, 2.75) is 32.2 Å². The van der Waals surface area contributed by atoms with Crippen molar-refractivity contribution in [3.05, 3.63) is 47.3 Å². The van der Waals surface area contributed by atoms with Crippen molar-refractivity contribution in [1.29, 1.82) is 0 Å². The lowest BCUT2D eigenvalue weighted by atomic mass is 9.94. The Balaban J connectivity index is 1.76. The van der Waals surface area contributed by atoms with Crippen molar-refractivity contribution < 1.29 is 19.4 Å². The van der Waals surface area contributed by atoms with Gasteiger partial charge in [-0.05, 0) is 49.6 Å². The van der Waals surface area contributed by atoms with Gasteiger partial charge in [-0.1, -0.05) is 0 Å². The van der Waals surface area contributed by atoms with E-state index in [0.29, 0.717) is 18.7 Å². The van der Waals surface area contributed by atoms with Crippen LogP contribution in [-0.2, 0) is 11.3 Å². The highest BCUT2D eigenvalue weighted by Crippen LogP contribution is 2.28. The molecule has 26 heavy (non-hydrogen) atoms. The highest BCUT2D eigenvalue weighted by Gasteiger charge is 2.28. The maximum Gasteiger partial charge on any atom is 0.325 e. The summed E-state index contributed by atoms with van der Waals surface area (Å²) >= 11 is 0. The van der Waals surface area contributed by atoms with Crippen LogP contribution in [0, 0.1) is 6.92 Å². The number of ether oxygens (including phenoxy) is 1. The van der Waals surface area contributed by atoms with E-state index in [0.717, 1.165) is 29.8 Å². The second-order valence-corrected chi connectivity index (χ2v) is 6.58. The van der Waals surface area contributed by atoms with Crippen LogP contribution in [0.15, 0.2) is 30.5 Å². The second kappa shape index (κ2) is 7.59. The number of nitrogens with zero attached hydrogens (tertiary/aromatic N) is 3. The van der Waals surface area contributed by atoms with Crippen LogP contribution in [0.3, 0.4) is 0 Å². The molecule has 0 unspecified atom stereocenters. The zero-order valence-electron chi connectivity index (χ0n) is 15.0. The molecule has 1 aromatic heterocycles. The van der Waals surface area contributed by atoms with Crippen molar-refractivity contribution in [2.24, 2.45) is 0 Å². The van der Waals surface area contributed by atoms with Gasteiger partial charge in [0.05, 0.1) is 7.11 Å². The number of hydrogen-bond donors (Lipinski definition) is 1. The first-order chi connectivity index (χ1) is 12.5. The van der Waals surface area contributed by atoms with Crippen LogP contribution in [0.25, 0.3) is 0 Å². The Morgan fingerprint density at radius 3 is 2.85 bits per heavy atom. The molecule has 1 fully saturated rings. The number of aliphatic carboxylic acids is 1. The number of likely N-dealkylation sites (tertiary alicyclic amines) is 1. The average molecular weight is 357 g/mol. The number of benzene rings is 1. The molecule has 2 aromatic rings. The molecular formula is C19H23N3O4. The Morgan fingerprint density at radius 2 is 2.15 bits per heavy atom. The number of carboxylic acid groups (broad SMARTS) is 1. The Hall–Kier alpha value is -2.83. The van der Waals surface area contributed by atoms with E-state index in [2.05, 4.69) is 5.10 Å². The molecule has 1 aliphatic heterocycles. The first-order valence-electron chi connectivity index (χ1n) is 8.67. The number of amides is 1. The number of carbonyl (C=O) groups excluding carboxylic acids is 1. The Kier molecular flexibility index (Phi) is 5.25. The van der Waals surface area contributed by atoms with E-state index in [1.54, 1.807) is 19.4 Å². The number of aryl methyl sites for hydroxylation is 1. The standard InChI is InChI=1S/C19H23N3O4/c1-13-10-14(5-6-17(13)26-2)19(25)21-9-3-4-15(11-21)16-7-8-20-22(16)12-18(23)24/h5-8,10,15H,3-4,9,11-12H2,1-2H3,(H,23,24)/t15-/m1/s1. The third kappa shape index (κ3) is 3.71. The van der Waals surface area contributed by atoms with E-state index >= 15 is 0 Å². The average Bonchev–Trinajstić information content (AvgIpc) is 3.08. The normalized spacial score (nSPS) is 17.2. The van der Waals surface area contributed by atoms with Crippen LogP contribution in [0.2, 0.25) is 0 Å². The minimum Gasteiger partial charge on any atom is -0.496 e. The van der Waals surface area contributed by atoms with E-state index in [-0.39, 0.29) is 18.4 Å². The fraction of sp³-hybridized carbons (Fsp3) is 0.421. The minimum absolute atomic E-state index is 0.00949. The van der Waals surface area contributed by atoms with Crippen LogP contribution in [0.5, 0.6) is 5.75 Å². The quantitative estimate of drug-likeness (QED) is 0.888. The summed E-state index contributed by atoms with van der Waals surface area (Å²) in [6.07, 6.45) is 3.41. The van der Waals surface area contributed by atoms with Gasteiger partial charge in [0.25, 0.3) is 5.91 Å². The molecule has 3 rings (SSSR count). The second-order valence-electron chi connectivity index (χ2n) is 6.58. The van der Waals surface area contributed by atoms with E-state index < -0.39 is 5.97 Å². The van der Waals surface area contributed by atoms with Gasteiger partial charge in [-0.25, -0.2) is 0 Å². The van der Waals surface area contributed by atoms with Gasteiger partial charge in [0.1, 0.15) is 12.3 Å². The van der Waals surface area contributed by atoms with Crippen molar-refractivity contribution in [3.63, 3.8) is 0 Å². The highest BCUT2D eigenvalue weighted by molar-refractivity contribution is 5.94. The van der Waals surface area contributed by atoms with Gasteiger partial charge in [0.2, 0.25) is 0 Å². The highest BCUT2D eigenvalue weighted by atomic mass is 16.5. The molecule has 0 spiro atoms. The van der Waals surface area contributed by atoms with Gasteiger partial charge in [0.15, 0.2) is 0 Å². The fourth-order valence-electron chi connectivity index (χ4n) is 3.55. The number of carbonyl (C=O) groups is 2. The number of methoxy groups -OCH3 is 1. The van der Waals surface area contributed by atoms with Crippen molar-refractivity contribution in [1.82, 2.24) is 14.7 Å². The van der Waals surface area contributed by atoms with Crippen LogP contribution < -0.4 is 4.74 Å². The van der Waals surface area contributed by atoms with Gasteiger partial charge in [-0.15, -0.1) is 0 Å². The Morgan fingerprint density at radius 1 is 1.35 bits per heavy atom. The molecule has 2 heterocycles. The summed E-state index contributed by atoms with van der Waals surface area (Å²) in [6, 6.07) is 7.29. The number of aromatic nitrogens is 2. The number of hydrogen-bond acceptors (Lipinski definition) is 4. The molecule has 1 aliphatic rings. The molecule has 1 N–H and O–H groups in total. The molecule has 0 bridgehead atoms. The van der Waals surface area contributed by atoms with E-state index in [1.165, 1.54) is 4.68 Å². The third-order valence-corrected chi connectivity index (χ3v) is 4.80. The lowest BCUT2D eigenvalue weighted by Gasteiger charge is -2.33. The predicted octanol–water partition coefficient (Wildman–Crippen LogP) is 2.30. The molecule has 0 saturated carbocycles. The number of carboxylic acids is 1. The lowest BCUT2D eigenvalue weighted by Crippen LogP contribution is -2.39. The zero-order valence-corrected chi connectivity index (χ0v) is 15.0. The largest absolute Gasteiger partial charge is 0.496 e. The smallest absolute Gasteiger partial charge is 0.325 e. The predicted molar refractivity (Wildman–Crippen MR) is 95.5 cm³/mol. The molecule has 0 aliphatic carbocycles. The molecule has 1 amide bonds. The third-order valence-electron chi connectivity index (χ3n) is 4.80. The van der Waals surface area contributed by atoms with Crippen LogP contribution in [-0.4, -0.2) is 51.9 Å². The molecule has 1 saturated heterocycles. The van der Waals surface area contributed by atoms with Crippen molar-refractivity contribution in [3.8, 4) is 5.75 Å². The van der Waals surface area contributed by atoms with Gasteiger partial charge >= 0.3 is 5.97 Å². The Labute approximate surface area is 152 Å². The van der Waals surface area contributed by atoms with Gasteiger partial charge in [-0.2, -0.15) is 5.10 Å². The molecule has 7 heteroatoms. The minimum atomic E-state index is -0.924. The summed E-state index contributed by atoms with van der Waals surface area (Å²) < 4.78 is 6.77. The number of rotatable bonds is 5. The number of piperidine rings is 1.